The van der Waals surface area contributed by atoms with Crippen molar-refractivity contribution in [1.29, 1.82) is 0 Å². The lowest BCUT2D eigenvalue weighted by atomic mass is 9.79. The van der Waals surface area contributed by atoms with Gasteiger partial charge in [-0.3, -0.25) is 0 Å². The topological polar surface area (TPSA) is 61.8 Å². The fourth-order valence-electron chi connectivity index (χ4n) is 5.78. The number of hydrogen-bond donors (Lipinski definition) is 0. The van der Waals surface area contributed by atoms with Gasteiger partial charge in [0.1, 0.15) is 12.3 Å². The third kappa shape index (κ3) is 6.87. The van der Waals surface area contributed by atoms with Crippen LogP contribution in [0, 0.1) is 5.92 Å². The molecule has 3 unspecified atom stereocenters. The number of benzene rings is 2. The summed E-state index contributed by atoms with van der Waals surface area (Å²) in [4.78, 5) is 26.0. The summed E-state index contributed by atoms with van der Waals surface area (Å²) in [7, 11) is 2.05. The van der Waals surface area contributed by atoms with Gasteiger partial charge in [-0.25, -0.2) is 9.59 Å². The van der Waals surface area contributed by atoms with Gasteiger partial charge in [-0.05, 0) is 25.0 Å². The molecule has 0 aromatic heterocycles. The molecule has 1 saturated carbocycles. The lowest BCUT2D eigenvalue weighted by molar-refractivity contribution is -0.899. The standard InChI is InChI=1S/C29H34ClF3NO5/c1-34(17-9-19-37-25-15-8-7-14-24(25)30)18-16-23(20-34)38-26(35)28(22-12-5-6-13-22,21-10-3-2-4-11-21)39-27(36)29(31,32)33/h2-4,7-8,10-11,14-15,22-23H,5-6,9,12-13,16-20H2,1H3/q+1. The Kier molecular flexibility index (Phi) is 9.11. The molecule has 0 N–H and O–H groups in total. The summed E-state index contributed by atoms with van der Waals surface area (Å²) < 4.78 is 57.6. The first kappa shape index (κ1) is 29.2. The van der Waals surface area contributed by atoms with Crippen molar-refractivity contribution < 1.29 is 41.5 Å². The second-order valence-corrected chi connectivity index (χ2v) is 11.1. The van der Waals surface area contributed by atoms with Crippen molar-refractivity contribution in [3.05, 3.63) is 65.2 Å². The summed E-state index contributed by atoms with van der Waals surface area (Å²) in [5.74, 6) is -3.31. The Bertz CT molecular complexity index is 1140. The largest absolute Gasteiger partial charge is 0.492 e. The number of carbonyl (C=O) groups is 2. The molecule has 3 atom stereocenters. The van der Waals surface area contributed by atoms with E-state index in [0.29, 0.717) is 47.7 Å². The zero-order valence-corrected chi connectivity index (χ0v) is 22.7. The molecule has 1 saturated heterocycles. The van der Waals surface area contributed by atoms with Crippen LogP contribution in [0.25, 0.3) is 0 Å². The molecule has 2 fully saturated rings. The van der Waals surface area contributed by atoms with E-state index in [0.717, 1.165) is 32.4 Å². The average molecular weight is 569 g/mol. The maximum atomic E-state index is 13.8. The molecule has 1 aliphatic carbocycles. The number of para-hydroxylation sites is 1. The van der Waals surface area contributed by atoms with E-state index in [2.05, 4.69) is 7.05 Å². The zero-order valence-electron chi connectivity index (χ0n) is 21.9. The van der Waals surface area contributed by atoms with Crippen LogP contribution in [-0.2, 0) is 24.7 Å². The molecule has 2 aromatic carbocycles. The summed E-state index contributed by atoms with van der Waals surface area (Å²) in [6.45, 7) is 2.46. The van der Waals surface area contributed by atoms with Crippen LogP contribution in [0.5, 0.6) is 5.75 Å². The summed E-state index contributed by atoms with van der Waals surface area (Å²) in [5, 5.41) is 0.543. The highest BCUT2D eigenvalue weighted by Gasteiger charge is 2.57. The summed E-state index contributed by atoms with van der Waals surface area (Å²) in [6.07, 6.45) is -2.10. The summed E-state index contributed by atoms with van der Waals surface area (Å²) >= 11 is 6.14. The lowest BCUT2D eigenvalue weighted by Crippen LogP contribution is -2.51. The molecule has 2 aliphatic rings. The van der Waals surface area contributed by atoms with Gasteiger partial charge in [0.25, 0.3) is 0 Å². The van der Waals surface area contributed by atoms with Crippen molar-refractivity contribution in [2.24, 2.45) is 5.92 Å². The lowest BCUT2D eigenvalue weighted by Gasteiger charge is -2.37. The predicted molar refractivity (Wildman–Crippen MR) is 139 cm³/mol. The number of rotatable bonds is 10. The molecule has 0 bridgehead atoms. The van der Waals surface area contributed by atoms with E-state index in [1.807, 2.05) is 12.1 Å². The molecule has 10 heteroatoms. The van der Waals surface area contributed by atoms with Gasteiger partial charge in [0.05, 0.1) is 31.8 Å². The molecule has 0 radical (unpaired) electrons. The third-order valence-electron chi connectivity index (χ3n) is 7.77. The molecule has 6 nitrogen and oxygen atoms in total. The second kappa shape index (κ2) is 12.2. The van der Waals surface area contributed by atoms with Crippen molar-refractivity contribution in [1.82, 2.24) is 0 Å². The number of halogens is 4. The van der Waals surface area contributed by atoms with Gasteiger partial charge in [-0.15, -0.1) is 0 Å². The minimum Gasteiger partial charge on any atom is -0.492 e. The number of nitrogens with zero attached hydrogens (tertiary/aromatic N) is 1. The number of quaternary nitrogens is 1. The molecule has 39 heavy (non-hydrogen) atoms. The fraction of sp³-hybridized carbons (Fsp3) is 0.517. The molecular formula is C29H34ClF3NO5+. The number of hydrogen-bond acceptors (Lipinski definition) is 5. The molecular weight excluding hydrogens is 535 g/mol. The first-order valence-electron chi connectivity index (χ1n) is 13.3. The Hall–Kier alpha value is -2.78. The highest BCUT2D eigenvalue weighted by atomic mass is 35.5. The highest BCUT2D eigenvalue weighted by molar-refractivity contribution is 6.32. The Morgan fingerprint density at radius 2 is 1.64 bits per heavy atom. The van der Waals surface area contributed by atoms with E-state index in [1.54, 1.807) is 30.3 Å². The minimum atomic E-state index is -5.24. The van der Waals surface area contributed by atoms with Crippen molar-refractivity contribution in [2.45, 2.75) is 56.4 Å². The van der Waals surface area contributed by atoms with E-state index < -0.39 is 35.7 Å². The van der Waals surface area contributed by atoms with E-state index >= 15 is 0 Å². The van der Waals surface area contributed by atoms with Crippen molar-refractivity contribution in [2.75, 3.05) is 33.3 Å². The Morgan fingerprint density at radius 3 is 2.31 bits per heavy atom. The van der Waals surface area contributed by atoms with E-state index in [1.165, 1.54) is 12.1 Å². The smallest absolute Gasteiger partial charge is 0.490 e. The summed E-state index contributed by atoms with van der Waals surface area (Å²) in [6, 6.07) is 15.2. The van der Waals surface area contributed by atoms with Crippen molar-refractivity contribution in [3.63, 3.8) is 0 Å². The number of likely N-dealkylation sites (tertiary alicyclic amines) is 1. The SMILES string of the molecule is C[N+]1(CCCOc2ccccc2Cl)CCC(OC(=O)C(OC(=O)C(F)(F)F)(c2ccccc2)C2CCCC2)C1. The Labute approximate surface area is 231 Å². The maximum Gasteiger partial charge on any atom is 0.490 e. The highest BCUT2D eigenvalue weighted by Crippen LogP contribution is 2.46. The van der Waals surface area contributed by atoms with E-state index in [-0.39, 0.29) is 5.56 Å². The van der Waals surface area contributed by atoms with Gasteiger partial charge in [-0.1, -0.05) is 66.9 Å². The molecule has 2 aromatic rings. The van der Waals surface area contributed by atoms with Gasteiger partial charge in [0.15, 0.2) is 6.10 Å². The number of carbonyl (C=O) groups excluding carboxylic acids is 2. The van der Waals surface area contributed by atoms with E-state index in [4.69, 9.17) is 25.8 Å². The molecule has 212 valence electrons. The zero-order chi connectivity index (χ0) is 28.1. The predicted octanol–water partition coefficient (Wildman–Crippen LogP) is 6.06. The molecule has 0 amide bonds. The number of alkyl halides is 3. The monoisotopic (exact) mass is 568 g/mol. The van der Waals surface area contributed by atoms with Crippen LogP contribution < -0.4 is 4.74 Å². The van der Waals surface area contributed by atoms with Gasteiger partial charge < -0.3 is 18.7 Å². The number of likely N-dealkylation sites (N-methyl/N-ethyl adjacent to an activating group) is 1. The van der Waals surface area contributed by atoms with Crippen LogP contribution in [-0.4, -0.2) is 62.0 Å². The first-order chi connectivity index (χ1) is 18.5. The van der Waals surface area contributed by atoms with Crippen LogP contribution in [0.3, 0.4) is 0 Å². The Balaban J connectivity index is 1.46. The van der Waals surface area contributed by atoms with Crippen LogP contribution in [0.1, 0.15) is 44.1 Å². The number of esters is 2. The normalized spacial score (nSPS) is 23.3. The molecule has 0 spiro atoms. The van der Waals surface area contributed by atoms with Crippen LogP contribution in [0.15, 0.2) is 54.6 Å². The third-order valence-corrected chi connectivity index (χ3v) is 8.08. The van der Waals surface area contributed by atoms with Crippen LogP contribution in [0.2, 0.25) is 5.02 Å². The first-order valence-corrected chi connectivity index (χ1v) is 13.7. The second-order valence-electron chi connectivity index (χ2n) is 10.7. The van der Waals surface area contributed by atoms with Gasteiger partial charge in [-0.2, -0.15) is 13.2 Å². The van der Waals surface area contributed by atoms with Gasteiger partial charge in [0, 0.05) is 24.3 Å². The van der Waals surface area contributed by atoms with Gasteiger partial charge in [0.2, 0.25) is 5.60 Å². The molecule has 4 rings (SSSR count). The number of ether oxygens (including phenoxy) is 3. The van der Waals surface area contributed by atoms with Crippen molar-refractivity contribution >= 4 is 23.5 Å². The Morgan fingerprint density at radius 1 is 0.974 bits per heavy atom. The molecule has 1 aliphatic heterocycles. The van der Waals surface area contributed by atoms with Crippen LogP contribution >= 0.6 is 11.6 Å². The fourth-order valence-corrected chi connectivity index (χ4v) is 5.97. The quantitative estimate of drug-likeness (QED) is 0.198. The van der Waals surface area contributed by atoms with Gasteiger partial charge >= 0.3 is 18.1 Å². The summed E-state index contributed by atoms with van der Waals surface area (Å²) in [5.41, 5.74) is -1.95. The van der Waals surface area contributed by atoms with Crippen molar-refractivity contribution in [3.8, 4) is 5.75 Å². The van der Waals surface area contributed by atoms with Crippen LogP contribution in [0.4, 0.5) is 13.2 Å². The maximum absolute atomic E-state index is 13.8. The van der Waals surface area contributed by atoms with E-state index in [9.17, 15) is 22.8 Å². The minimum absolute atomic E-state index is 0.200. The molecule has 1 heterocycles. The average Bonchev–Trinajstić information content (AvgIpc) is 3.57.